The topological polar surface area (TPSA) is 19.9 Å². The molecular weight excluding hydrogens is 184 g/mol. The maximum Gasteiger partial charge on any atom is 0.103 e. The third kappa shape index (κ3) is 2.51. The number of hydrogen-bond donors (Lipinski definition) is 1. The van der Waals surface area contributed by atoms with E-state index < -0.39 is 0 Å². The van der Waals surface area contributed by atoms with Crippen LogP contribution in [0.3, 0.4) is 0 Å². The van der Waals surface area contributed by atoms with Crippen LogP contribution in [0.2, 0.25) is 0 Å². The quantitative estimate of drug-likeness (QED) is 0.790. The minimum Gasteiger partial charge on any atom is -0.371 e. The summed E-state index contributed by atoms with van der Waals surface area (Å²) in [6.07, 6.45) is 4.10. The lowest BCUT2D eigenvalue weighted by molar-refractivity contribution is -0.643. The van der Waals surface area contributed by atoms with Gasteiger partial charge in [-0.05, 0) is 25.3 Å². The molecule has 0 spiro atoms. The zero-order valence-electron chi connectivity index (χ0n) is 9.58. The van der Waals surface area contributed by atoms with Gasteiger partial charge in [-0.15, -0.1) is 0 Å². The average molecular weight is 205 g/mol. The first kappa shape index (κ1) is 10.5. The lowest BCUT2D eigenvalue weighted by Crippen LogP contribution is -2.77. The standard InChI is InChI=1S/C13H20N2/c1-14-11-12-7-3-4-8-13(12)15-9-5-2-6-10-15/h3-4,7-8,14H,2,5-6,9-11H2,1H3/p+1. The van der Waals surface area contributed by atoms with Crippen LogP contribution < -0.4 is 10.2 Å². The molecule has 1 saturated heterocycles. The molecule has 2 rings (SSSR count). The van der Waals surface area contributed by atoms with Crippen LogP contribution in [0.25, 0.3) is 0 Å². The molecule has 2 N–H and O–H groups in total. The number of benzene rings is 1. The fourth-order valence-electron chi connectivity index (χ4n) is 2.35. The largest absolute Gasteiger partial charge is 0.371 e. The van der Waals surface area contributed by atoms with Gasteiger partial charge in [-0.1, -0.05) is 18.2 Å². The Morgan fingerprint density at radius 2 is 1.87 bits per heavy atom. The van der Waals surface area contributed by atoms with Gasteiger partial charge in [0.25, 0.3) is 0 Å². The van der Waals surface area contributed by atoms with Crippen molar-refractivity contribution >= 4 is 5.69 Å². The van der Waals surface area contributed by atoms with Crippen molar-refractivity contribution in [2.75, 3.05) is 25.0 Å². The summed E-state index contributed by atoms with van der Waals surface area (Å²) in [5.41, 5.74) is 2.93. The Hall–Kier alpha value is -1.02. The van der Waals surface area contributed by atoms with Crippen LogP contribution in [0.5, 0.6) is 0 Å². The maximum atomic E-state index is 2.54. The van der Waals surface area contributed by atoms with Crippen molar-refractivity contribution in [3.05, 3.63) is 29.8 Å². The highest BCUT2D eigenvalue weighted by atomic mass is 15.1. The van der Waals surface area contributed by atoms with Gasteiger partial charge in [0.05, 0.1) is 7.05 Å². The van der Waals surface area contributed by atoms with E-state index in [9.17, 15) is 0 Å². The Kier molecular flexibility index (Phi) is 3.62. The second-order valence-corrected chi connectivity index (χ2v) is 4.29. The highest BCUT2D eigenvalue weighted by Gasteiger charge is 2.13. The molecule has 0 unspecified atom stereocenters. The maximum absolute atomic E-state index is 2.54. The highest BCUT2D eigenvalue weighted by molar-refractivity contribution is 5.53. The molecule has 0 aromatic heterocycles. The fourth-order valence-corrected chi connectivity index (χ4v) is 2.35. The molecule has 1 aliphatic rings. The molecule has 82 valence electrons. The molecule has 0 bridgehead atoms. The zero-order chi connectivity index (χ0) is 10.5. The van der Waals surface area contributed by atoms with Gasteiger partial charge in [0.1, 0.15) is 6.54 Å². The molecule has 2 heteroatoms. The summed E-state index contributed by atoms with van der Waals surface area (Å²) in [6, 6.07) is 8.82. The number of nitrogens with zero attached hydrogens (tertiary/aromatic N) is 1. The van der Waals surface area contributed by atoms with Gasteiger partial charge in [0.15, 0.2) is 0 Å². The van der Waals surface area contributed by atoms with Gasteiger partial charge in [0, 0.05) is 24.3 Å². The van der Waals surface area contributed by atoms with Gasteiger partial charge in [0.2, 0.25) is 0 Å². The Morgan fingerprint density at radius 1 is 1.13 bits per heavy atom. The molecule has 0 saturated carbocycles. The Bertz CT molecular complexity index is 303. The summed E-state index contributed by atoms with van der Waals surface area (Å²) >= 11 is 0. The Morgan fingerprint density at radius 3 is 2.60 bits per heavy atom. The lowest BCUT2D eigenvalue weighted by Gasteiger charge is -2.30. The minimum atomic E-state index is 1.09. The van der Waals surface area contributed by atoms with Crippen molar-refractivity contribution in [2.45, 2.75) is 25.8 Å². The fraction of sp³-hybridized carbons (Fsp3) is 0.538. The van der Waals surface area contributed by atoms with Gasteiger partial charge in [-0.3, -0.25) is 0 Å². The summed E-state index contributed by atoms with van der Waals surface area (Å²) in [7, 11) is 2.13. The summed E-state index contributed by atoms with van der Waals surface area (Å²) in [5, 5.41) is 2.24. The van der Waals surface area contributed by atoms with Crippen molar-refractivity contribution < 1.29 is 5.32 Å². The number of rotatable bonds is 3. The Balaban J connectivity index is 2.17. The van der Waals surface area contributed by atoms with E-state index in [0.29, 0.717) is 0 Å². The van der Waals surface area contributed by atoms with Crippen molar-refractivity contribution in [2.24, 2.45) is 0 Å². The SMILES string of the molecule is C[NH2+]Cc1ccccc1N1CCCCC1. The zero-order valence-corrected chi connectivity index (χ0v) is 9.58. The molecule has 1 fully saturated rings. The molecule has 0 amide bonds. The molecular formula is C13H21N2+. The number of hydrogen-bond acceptors (Lipinski definition) is 1. The van der Waals surface area contributed by atoms with Crippen molar-refractivity contribution in [1.82, 2.24) is 0 Å². The smallest absolute Gasteiger partial charge is 0.103 e. The van der Waals surface area contributed by atoms with Crippen molar-refractivity contribution in [3.8, 4) is 0 Å². The van der Waals surface area contributed by atoms with Crippen LogP contribution in [0, 0.1) is 0 Å². The number of para-hydroxylation sites is 1. The van der Waals surface area contributed by atoms with E-state index in [1.807, 2.05) is 0 Å². The van der Waals surface area contributed by atoms with Gasteiger partial charge < -0.3 is 10.2 Å². The lowest BCUT2D eigenvalue weighted by atomic mass is 10.1. The van der Waals surface area contributed by atoms with E-state index in [2.05, 4.69) is 41.5 Å². The normalized spacial score (nSPS) is 16.7. The number of anilines is 1. The summed E-state index contributed by atoms with van der Waals surface area (Å²) in [5.74, 6) is 0. The van der Waals surface area contributed by atoms with Crippen LogP contribution in [0.15, 0.2) is 24.3 Å². The molecule has 1 aromatic rings. The van der Waals surface area contributed by atoms with E-state index >= 15 is 0 Å². The molecule has 1 aliphatic heterocycles. The van der Waals surface area contributed by atoms with Gasteiger partial charge in [-0.25, -0.2) is 0 Å². The number of piperidine rings is 1. The first-order valence-corrected chi connectivity index (χ1v) is 6.02. The van der Waals surface area contributed by atoms with Crippen LogP contribution in [-0.2, 0) is 6.54 Å². The molecule has 1 heterocycles. The van der Waals surface area contributed by atoms with E-state index in [4.69, 9.17) is 0 Å². The second kappa shape index (κ2) is 5.17. The summed E-state index contributed by atoms with van der Waals surface area (Å²) in [4.78, 5) is 2.54. The van der Waals surface area contributed by atoms with E-state index in [1.165, 1.54) is 43.6 Å². The number of quaternary nitrogens is 1. The van der Waals surface area contributed by atoms with E-state index in [-0.39, 0.29) is 0 Å². The summed E-state index contributed by atoms with van der Waals surface area (Å²) in [6.45, 7) is 3.56. The van der Waals surface area contributed by atoms with Crippen molar-refractivity contribution in [3.63, 3.8) is 0 Å². The number of nitrogens with two attached hydrogens (primary N) is 1. The molecule has 0 atom stereocenters. The second-order valence-electron chi connectivity index (χ2n) is 4.29. The predicted molar refractivity (Wildman–Crippen MR) is 64.1 cm³/mol. The summed E-state index contributed by atoms with van der Waals surface area (Å²) < 4.78 is 0. The first-order chi connectivity index (χ1) is 7.42. The molecule has 15 heavy (non-hydrogen) atoms. The average Bonchev–Trinajstić information content (AvgIpc) is 2.31. The van der Waals surface area contributed by atoms with Crippen LogP contribution in [0.1, 0.15) is 24.8 Å². The molecule has 0 aliphatic carbocycles. The van der Waals surface area contributed by atoms with Gasteiger partial charge in [-0.2, -0.15) is 0 Å². The van der Waals surface area contributed by atoms with E-state index in [0.717, 1.165) is 6.54 Å². The third-order valence-corrected chi connectivity index (χ3v) is 3.11. The predicted octanol–water partition coefficient (Wildman–Crippen LogP) is 1.37. The molecule has 0 radical (unpaired) electrons. The molecule has 2 nitrogen and oxygen atoms in total. The van der Waals surface area contributed by atoms with E-state index in [1.54, 1.807) is 0 Å². The van der Waals surface area contributed by atoms with Crippen molar-refractivity contribution in [1.29, 1.82) is 0 Å². The van der Waals surface area contributed by atoms with Crippen LogP contribution in [-0.4, -0.2) is 20.1 Å². The minimum absolute atomic E-state index is 1.09. The third-order valence-electron chi connectivity index (χ3n) is 3.11. The first-order valence-electron chi connectivity index (χ1n) is 6.02. The monoisotopic (exact) mass is 205 g/mol. The highest BCUT2D eigenvalue weighted by Crippen LogP contribution is 2.23. The van der Waals surface area contributed by atoms with Gasteiger partial charge >= 0.3 is 0 Å². The van der Waals surface area contributed by atoms with Crippen LogP contribution >= 0.6 is 0 Å². The molecule has 1 aromatic carbocycles. The van der Waals surface area contributed by atoms with Crippen LogP contribution in [0.4, 0.5) is 5.69 Å². The Labute approximate surface area is 92.3 Å².